The van der Waals surface area contributed by atoms with Gasteiger partial charge in [-0.2, -0.15) is 0 Å². The minimum Gasteiger partial charge on any atom is -0.350 e. The Hall–Kier alpha value is -3.65. The Morgan fingerprint density at radius 1 is 0.825 bits per heavy atom. The number of hydrogen-bond acceptors (Lipinski definition) is 4. The standard InChI is InChI=1S/C32H41N3O4S/c1-22-9-14-27(15-10-22)20-34(26(5)31(37)33-32(6,7)8)30(36)21-35(28-16-13-24(3)25(4)19-28)40(38,39)29-17-11-23(2)12-18-29/h9-19,26H,20-21H2,1-8H3,(H,33,37). The Morgan fingerprint density at radius 2 is 1.38 bits per heavy atom. The van der Waals surface area contributed by atoms with Gasteiger partial charge in [-0.3, -0.25) is 13.9 Å². The van der Waals surface area contributed by atoms with Crippen molar-refractivity contribution < 1.29 is 18.0 Å². The van der Waals surface area contributed by atoms with Crippen LogP contribution in [0.25, 0.3) is 0 Å². The molecule has 0 radical (unpaired) electrons. The highest BCUT2D eigenvalue weighted by molar-refractivity contribution is 7.92. The Morgan fingerprint density at radius 3 is 1.90 bits per heavy atom. The van der Waals surface area contributed by atoms with Gasteiger partial charge in [0.25, 0.3) is 10.0 Å². The number of hydrogen-bond donors (Lipinski definition) is 1. The Labute approximate surface area is 239 Å². The summed E-state index contributed by atoms with van der Waals surface area (Å²) < 4.78 is 29.1. The molecule has 1 atom stereocenters. The van der Waals surface area contributed by atoms with E-state index in [-0.39, 0.29) is 17.3 Å². The molecule has 0 saturated carbocycles. The predicted molar refractivity (Wildman–Crippen MR) is 161 cm³/mol. The molecule has 1 unspecified atom stereocenters. The van der Waals surface area contributed by atoms with Crippen LogP contribution in [-0.2, 0) is 26.2 Å². The van der Waals surface area contributed by atoms with Gasteiger partial charge in [0.2, 0.25) is 11.8 Å². The number of aryl methyl sites for hydroxylation is 4. The summed E-state index contributed by atoms with van der Waals surface area (Å²) in [5, 5.41) is 2.94. The zero-order chi connectivity index (χ0) is 29.8. The highest BCUT2D eigenvalue weighted by atomic mass is 32.2. The lowest BCUT2D eigenvalue weighted by Gasteiger charge is -2.33. The van der Waals surface area contributed by atoms with Crippen LogP contribution in [0.2, 0.25) is 0 Å². The van der Waals surface area contributed by atoms with Crippen LogP contribution in [0.3, 0.4) is 0 Å². The number of amides is 2. The zero-order valence-electron chi connectivity index (χ0n) is 24.8. The number of carbonyl (C=O) groups excluding carboxylic acids is 2. The van der Waals surface area contributed by atoms with Gasteiger partial charge in [0.1, 0.15) is 12.6 Å². The second-order valence-electron chi connectivity index (χ2n) is 11.5. The quantitative estimate of drug-likeness (QED) is 0.375. The number of benzene rings is 3. The second-order valence-corrected chi connectivity index (χ2v) is 13.4. The smallest absolute Gasteiger partial charge is 0.264 e. The van der Waals surface area contributed by atoms with Crippen molar-refractivity contribution in [2.75, 3.05) is 10.8 Å². The zero-order valence-corrected chi connectivity index (χ0v) is 25.6. The normalized spacial score (nSPS) is 12.5. The van der Waals surface area contributed by atoms with Gasteiger partial charge in [-0.05, 0) is 96.3 Å². The first-order valence-electron chi connectivity index (χ1n) is 13.4. The van der Waals surface area contributed by atoms with E-state index in [2.05, 4.69) is 5.32 Å². The Kier molecular flexibility index (Phi) is 9.46. The molecule has 0 aliphatic rings. The lowest BCUT2D eigenvalue weighted by Crippen LogP contribution is -2.54. The largest absolute Gasteiger partial charge is 0.350 e. The molecule has 0 saturated heterocycles. The maximum Gasteiger partial charge on any atom is 0.264 e. The third-order valence-corrected chi connectivity index (χ3v) is 8.59. The molecule has 0 aromatic heterocycles. The molecule has 40 heavy (non-hydrogen) atoms. The maximum absolute atomic E-state index is 14.0. The van der Waals surface area contributed by atoms with Gasteiger partial charge < -0.3 is 10.2 Å². The number of nitrogens with one attached hydrogen (secondary N) is 1. The molecule has 8 heteroatoms. The Bertz CT molecular complexity index is 1460. The number of sulfonamides is 1. The van der Waals surface area contributed by atoms with Crippen LogP contribution in [0.4, 0.5) is 5.69 Å². The third kappa shape index (κ3) is 7.72. The van der Waals surface area contributed by atoms with Crippen molar-refractivity contribution in [3.8, 4) is 0 Å². The fourth-order valence-electron chi connectivity index (χ4n) is 4.19. The molecule has 0 heterocycles. The summed E-state index contributed by atoms with van der Waals surface area (Å²) in [5.74, 6) is -0.793. The SMILES string of the molecule is Cc1ccc(CN(C(=O)CN(c2ccc(C)c(C)c2)S(=O)(=O)c2ccc(C)cc2)C(C)C(=O)NC(C)(C)C)cc1. The van der Waals surface area contributed by atoms with E-state index in [0.717, 1.165) is 32.1 Å². The number of nitrogens with zero attached hydrogens (tertiary/aromatic N) is 2. The summed E-state index contributed by atoms with van der Waals surface area (Å²) in [5.41, 5.74) is 4.65. The third-order valence-electron chi connectivity index (χ3n) is 6.81. The first-order valence-corrected chi connectivity index (χ1v) is 14.9. The number of rotatable bonds is 9. The van der Waals surface area contributed by atoms with Crippen LogP contribution >= 0.6 is 0 Å². The lowest BCUT2D eigenvalue weighted by atomic mass is 10.1. The topological polar surface area (TPSA) is 86.8 Å². The molecule has 1 N–H and O–H groups in total. The monoisotopic (exact) mass is 563 g/mol. The van der Waals surface area contributed by atoms with Crippen molar-refractivity contribution in [1.82, 2.24) is 10.2 Å². The molecule has 0 aliphatic heterocycles. The second kappa shape index (κ2) is 12.3. The minimum atomic E-state index is -4.10. The van der Waals surface area contributed by atoms with E-state index in [1.54, 1.807) is 43.3 Å². The average molecular weight is 564 g/mol. The molecule has 3 aromatic rings. The van der Waals surface area contributed by atoms with E-state index < -0.39 is 34.1 Å². The van der Waals surface area contributed by atoms with Crippen LogP contribution in [0, 0.1) is 27.7 Å². The van der Waals surface area contributed by atoms with Gasteiger partial charge in [-0.15, -0.1) is 0 Å². The van der Waals surface area contributed by atoms with Gasteiger partial charge in [-0.1, -0.05) is 53.6 Å². The predicted octanol–water partition coefficient (Wildman–Crippen LogP) is 5.45. The molecule has 0 aliphatic carbocycles. The van der Waals surface area contributed by atoms with Crippen LogP contribution in [0.5, 0.6) is 0 Å². The fourth-order valence-corrected chi connectivity index (χ4v) is 5.60. The van der Waals surface area contributed by atoms with E-state index >= 15 is 0 Å². The molecule has 3 rings (SSSR count). The molecule has 3 aromatic carbocycles. The summed E-state index contributed by atoms with van der Waals surface area (Å²) >= 11 is 0. The molecule has 2 amide bonds. The number of anilines is 1. The molecule has 7 nitrogen and oxygen atoms in total. The van der Waals surface area contributed by atoms with Crippen molar-refractivity contribution >= 4 is 27.5 Å². The first-order chi connectivity index (χ1) is 18.6. The minimum absolute atomic E-state index is 0.0905. The van der Waals surface area contributed by atoms with Crippen LogP contribution in [0.1, 0.15) is 55.5 Å². The van der Waals surface area contributed by atoms with E-state index in [1.165, 1.54) is 4.90 Å². The summed E-state index contributed by atoms with van der Waals surface area (Å²) in [6.45, 7) is 14.7. The summed E-state index contributed by atoms with van der Waals surface area (Å²) in [6, 6.07) is 18.8. The Balaban J connectivity index is 2.06. The van der Waals surface area contributed by atoms with Gasteiger partial charge >= 0.3 is 0 Å². The van der Waals surface area contributed by atoms with Gasteiger partial charge in [0.15, 0.2) is 0 Å². The van der Waals surface area contributed by atoms with Gasteiger partial charge in [-0.25, -0.2) is 8.42 Å². The average Bonchev–Trinajstić information content (AvgIpc) is 2.87. The van der Waals surface area contributed by atoms with E-state index in [9.17, 15) is 18.0 Å². The summed E-state index contributed by atoms with van der Waals surface area (Å²) in [6.07, 6.45) is 0. The summed E-state index contributed by atoms with van der Waals surface area (Å²) in [7, 11) is -4.10. The van der Waals surface area contributed by atoms with Gasteiger partial charge in [0, 0.05) is 12.1 Å². The first kappa shape index (κ1) is 30.9. The summed E-state index contributed by atoms with van der Waals surface area (Å²) in [4.78, 5) is 28.8. The number of carbonyl (C=O) groups is 2. The van der Waals surface area contributed by atoms with Crippen molar-refractivity contribution in [1.29, 1.82) is 0 Å². The molecule has 0 spiro atoms. The highest BCUT2D eigenvalue weighted by Crippen LogP contribution is 2.27. The lowest BCUT2D eigenvalue weighted by molar-refractivity contribution is -0.140. The van der Waals surface area contributed by atoms with E-state index in [4.69, 9.17) is 0 Å². The van der Waals surface area contributed by atoms with Crippen LogP contribution in [0.15, 0.2) is 71.6 Å². The van der Waals surface area contributed by atoms with E-state index in [0.29, 0.717) is 5.69 Å². The van der Waals surface area contributed by atoms with Crippen molar-refractivity contribution in [2.24, 2.45) is 0 Å². The maximum atomic E-state index is 14.0. The van der Waals surface area contributed by atoms with Gasteiger partial charge in [0.05, 0.1) is 10.6 Å². The van der Waals surface area contributed by atoms with Crippen molar-refractivity contribution in [3.63, 3.8) is 0 Å². The molecular weight excluding hydrogens is 522 g/mol. The molecular formula is C32H41N3O4S. The molecule has 0 bridgehead atoms. The van der Waals surface area contributed by atoms with Crippen molar-refractivity contribution in [2.45, 2.75) is 78.4 Å². The van der Waals surface area contributed by atoms with Crippen LogP contribution < -0.4 is 9.62 Å². The van der Waals surface area contributed by atoms with Crippen molar-refractivity contribution in [3.05, 3.63) is 94.5 Å². The van der Waals surface area contributed by atoms with Crippen LogP contribution in [-0.4, -0.2) is 43.3 Å². The molecule has 0 fully saturated rings. The molecule has 214 valence electrons. The highest BCUT2D eigenvalue weighted by Gasteiger charge is 2.33. The fraction of sp³-hybridized carbons (Fsp3) is 0.375. The van der Waals surface area contributed by atoms with E-state index in [1.807, 2.05) is 78.8 Å².